The summed E-state index contributed by atoms with van der Waals surface area (Å²) in [5.41, 5.74) is 2.96. The summed E-state index contributed by atoms with van der Waals surface area (Å²) in [6.07, 6.45) is -0.339. The molecule has 4 heteroatoms. The molecular formula is C10H14BrNO2. The standard InChI is InChI=1S/C10H14BrNO2/c1-6-5-8(10(13-3)14-4)7(2)12-9(6)11/h5,10H,1-4H3. The van der Waals surface area contributed by atoms with Gasteiger partial charge in [0.1, 0.15) is 4.60 Å². The molecule has 0 aliphatic carbocycles. The van der Waals surface area contributed by atoms with Crippen molar-refractivity contribution in [2.24, 2.45) is 0 Å². The van der Waals surface area contributed by atoms with Gasteiger partial charge in [-0.2, -0.15) is 0 Å². The van der Waals surface area contributed by atoms with Gasteiger partial charge in [-0.3, -0.25) is 0 Å². The molecule has 0 fully saturated rings. The van der Waals surface area contributed by atoms with Crippen molar-refractivity contribution in [3.63, 3.8) is 0 Å². The summed E-state index contributed by atoms with van der Waals surface area (Å²) in [6, 6.07) is 2.02. The van der Waals surface area contributed by atoms with Crippen LogP contribution in [0.15, 0.2) is 10.7 Å². The third kappa shape index (κ3) is 2.32. The third-order valence-corrected chi connectivity index (χ3v) is 2.87. The largest absolute Gasteiger partial charge is 0.352 e. The summed E-state index contributed by atoms with van der Waals surface area (Å²) in [5.74, 6) is 0. The Morgan fingerprint density at radius 1 is 1.29 bits per heavy atom. The maximum absolute atomic E-state index is 5.18. The van der Waals surface area contributed by atoms with E-state index in [0.717, 1.165) is 21.4 Å². The highest BCUT2D eigenvalue weighted by molar-refractivity contribution is 9.10. The van der Waals surface area contributed by atoms with Crippen molar-refractivity contribution in [1.82, 2.24) is 4.98 Å². The highest BCUT2D eigenvalue weighted by atomic mass is 79.9. The number of nitrogens with zero attached hydrogens (tertiary/aromatic N) is 1. The van der Waals surface area contributed by atoms with Crippen LogP contribution in [0.4, 0.5) is 0 Å². The monoisotopic (exact) mass is 259 g/mol. The molecule has 14 heavy (non-hydrogen) atoms. The molecule has 1 aromatic heterocycles. The van der Waals surface area contributed by atoms with Gasteiger partial charge < -0.3 is 9.47 Å². The Morgan fingerprint density at radius 3 is 2.36 bits per heavy atom. The first-order valence-electron chi connectivity index (χ1n) is 4.29. The van der Waals surface area contributed by atoms with Gasteiger partial charge in [0.15, 0.2) is 6.29 Å². The predicted octanol–water partition coefficient (Wildman–Crippen LogP) is 2.75. The zero-order valence-corrected chi connectivity index (χ0v) is 10.4. The van der Waals surface area contributed by atoms with Gasteiger partial charge in [0, 0.05) is 25.5 Å². The molecule has 0 radical (unpaired) electrons. The van der Waals surface area contributed by atoms with E-state index in [0.29, 0.717) is 0 Å². The van der Waals surface area contributed by atoms with Crippen molar-refractivity contribution in [2.45, 2.75) is 20.1 Å². The van der Waals surface area contributed by atoms with Crippen LogP contribution in [0.5, 0.6) is 0 Å². The van der Waals surface area contributed by atoms with Crippen LogP contribution >= 0.6 is 15.9 Å². The SMILES string of the molecule is COC(OC)c1cc(C)c(Br)nc1C. The Kier molecular flexibility index (Phi) is 4.04. The van der Waals surface area contributed by atoms with E-state index in [4.69, 9.17) is 9.47 Å². The van der Waals surface area contributed by atoms with Crippen LogP contribution in [0.2, 0.25) is 0 Å². The maximum Gasteiger partial charge on any atom is 0.184 e. The van der Waals surface area contributed by atoms with E-state index in [1.165, 1.54) is 0 Å². The van der Waals surface area contributed by atoms with Gasteiger partial charge in [0.25, 0.3) is 0 Å². The highest BCUT2D eigenvalue weighted by Gasteiger charge is 2.14. The number of halogens is 1. The van der Waals surface area contributed by atoms with Crippen LogP contribution in [0, 0.1) is 13.8 Å². The van der Waals surface area contributed by atoms with E-state index in [1.54, 1.807) is 14.2 Å². The lowest BCUT2D eigenvalue weighted by atomic mass is 10.1. The first-order chi connectivity index (χ1) is 6.60. The second-order valence-electron chi connectivity index (χ2n) is 3.07. The van der Waals surface area contributed by atoms with Crippen LogP contribution < -0.4 is 0 Å². The van der Waals surface area contributed by atoms with E-state index >= 15 is 0 Å². The number of aryl methyl sites for hydroxylation is 2. The fraction of sp³-hybridized carbons (Fsp3) is 0.500. The van der Waals surface area contributed by atoms with Gasteiger partial charge in [-0.1, -0.05) is 0 Å². The van der Waals surface area contributed by atoms with Gasteiger partial charge in [-0.25, -0.2) is 4.98 Å². The van der Waals surface area contributed by atoms with Gasteiger partial charge in [-0.15, -0.1) is 0 Å². The zero-order chi connectivity index (χ0) is 10.7. The molecule has 0 aliphatic heterocycles. The number of rotatable bonds is 3. The third-order valence-electron chi connectivity index (χ3n) is 2.06. The summed E-state index contributed by atoms with van der Waals surface area (Å²) in [5, 5.41) is 0. The summed E-state index contributed by atoms with van der Waals surface area (Å²) >= 11 is 3.38. The topological polar surface area (TPSA) is 31.4 Å². The summed E-state index contributed by atoms with van der Waals surface area (Å²) in [7, 11) is 3.23. The van der Waals surface area contributed by atoms with Crippen LogP contribution in [-0.2, 0) is 9.47 Å². The van der Waals surface area contributed by atoms with Crippen molar-refractivity contribution in [3.05, 3.63) is 27.5 Å². The Bertz CT molecular complexity index is 324. The molecule has 78 valence electrons. The molecule has 0 unspecified atom stereocenters. The average Bonchev–Trinajstić information content (AvgIpc) is 2.15. The van der Waals surface area contributed by atoms with Crippen molar-refractivity contribution in [1.29, 1.82) is 0 Å². The van der Waals surface area contributed by atoms with Crippen LogP contribution in [0.1, 0.15) is 23.1 Å². The summed E-state index contributed by atoms with van der Waals surface area (Å²) in [6.45, 7) is 3.92. The average molecular weight is 260 g/mol. The Balaban J connectivity index is 3.14. The molecule has 3 nitrogen and oxygen atoms in total. The fourth-order valence-electron chi connectivity index (χ4n) is 1.29. The molecule has 0 saturated heterocycles. The molecule has 0 saturated carbocycles. The minimum atomic E-state index is -0.339. The van der Waals surface area contributed by atoms with Crippen LogP contribution in [-0.4, -0.2) is 19.2 Å². The lowest BCUT2D eigenvalue weighted by molar-refractivity contribution is -0.106. The number of ether oxygens (including phenoxy) is 2. The van der Waals surface area contributed by atoms with Crippen LogP contribution in [0.25, 0.3) is 0 Å². The molecular weight excluding hydrogens is 246 g/mol. The molecule has 0 bridgehead atoms. The highest BCUT2D eigenvalue weighted by Crippen LogP contribution is 2.24. The van der Waals surface area contributed by atoms with Crippen LogP contribution in [0.3, 0.4) is 0 Å². The maximum atomic E-state index is 5.18. The van der Waals surface area contributed by atoms with Crippen molar-refractivity contribution >= 4 is 15.9 Å². The molecule has 0 aliphatic rings. The second kappa shape index (κ2) is 4.87. The summed E-state index contributed by atoms with van der Waals surface area (Å²) < 4.78 is 11.2. The molecule has 1 aromatic rings. The van der Waals surface area contributed by atoms with E-state index in [9.17, 15) is 0 Å². The lowest BCUT2D eigenvalue weighted by Crippen LogP contribution is -2.07. The minimum Gasteiger partial charge on any atom is -0.352 e. The number of hydrogen-bond donors (Lipinski definition) is 0. The quantitative estimate of drug-likeness (QED) is 0.618. The molecule has 0 N–H and O–H groups in total. The molecule has 0 amide bonds. The summed E-state index contributed by atoms with van der Waals surface area (Å²) in [4.78, 5) is 4.35. The van der Waals surface area contributed by atoms with E-state index in [2.05, 4.69) is 20.9 Å². The van der Waals surface area contributed by atoms with E-state index < -0.39 is 0 Å². The van der Waals surface area contributed by atoms with E-state index in [1.807, 2.05) is 19.9 Å². The van der Waals surface area contributed by atoms with Crippen molar-refractivity contribution in [3.8, 4) is 0 Å². The minimum absolute atomic E-state index is 0.339. The fourth-order valence-corrected chi connectivity index (χ4v) is 1.67. The number of aromatic nitrogens is 1. The molecule has 0 aromatic carbocycles. The van der Waals surface area contributed by atoms with Gasteiger partial charge in [-0.05, 0) is 41.4 Å². The first-order valence-corrected chi connectivity index (χ1v) is 5.08. The predicted molar refractivity (Wildman–Crippen MR) is 58.2 cm³/mol. The molecule has 1 heterocycles. The number of pyridine rings is 1. The Labute approximate surface area is 92.6 Å². The van der Waals surface area contributed by atoms with Gasteiger partial charge >= 0.3 is 0 Å². The van der Waals surface area contributed by atoms with Gasteiger partial charge in [0.05, 0.1) is 0 Å². The zero-order valence-electron chi connectivity index (χ0n) is 8.80. The normalized spacial score (nSPS) is 11.0. The second-order valence-corrected chi connectivity index (χ2v) is 3.83. The number of methoxy groups -OCH3 is 2. The number of hydrogen-bond acceptors (Lipinski definition) is 3. The lowest BCUT2D eigenvalue weighted by Gasteiger charge is -2.16. The van der Waals surface area contributed by atoms with Crippen molar-refractivity contribution < 1.29 is 9.47 Å². The molecule has 0 atom stereocenters. The molecule has 1 rings (SSSR count). The molecule has 0 spiro atoms. The van der Waals surface area contributed by atoms with Gasteiger partial charge in [0.2, 0.25) is 0 Å². The smallest absolute Gasteiger partial charge is 0.184 e. The Hall–Kier alpha value is -0.450. The van der Waals surface area contributed by atoms with E-state index in [-0.39, 0.29) is 6.29 Å². The van der Waals surface area contributed by atoms with Crippen molar-refractivity contribution in [2.75, 3.05) is 14.2 Å². The first kappa shape index (κ1) is 11.6. The Morgan fingerprint density at radius 2 is 1.86 bits per heavy atom.